The number of para-hydroxylation sites is 1. The van der Waals surface area contributed by atoms with E-state index >= 15 is 0 Å². The molecule has 2 aromatic rings. The topological polar surface area (TPSA) is 48.3 Å². The number of imidazole rings is 1. The number of hydrogen-bond acceptors (Lipinski definition) is 4. The molecule has 0 radical (unpaired) electrons. The lowest BCUT2D eigenvalue weighted by molar-refractivity contribution is 0.269. The summed E-state index contributed by atoms with van der Waals surface area (Å²) in [5.41, 5.74) is 1.09. The molecule has 5 nitrogen and oxygen atoms in total. The van der Waals surface area contributed by atoms with Gasteiger partial charge in [-0.3, -0.25) is 0 Å². The fourth-order valence-electron chi connectivity index (χ4n) is 2.10. The van der Waals surface area contributed by atoms with Crippen molar-refractivity contribution in [2.24, 2.45) is 7.05 Å². The molecule has 0 saturated heterocycles. The number of aryl methyl sites for hydroxylation is 1. The smallest absolute Gasteiger partial charge is 0.166 e. The third kappa shape index (κ3) is 3.98. The summed E-state index contributed by atoms with van der Waals surface area (Å²) < 4.78 is 13.3. The standard InChI is InChI=1S/C16H23N3O2/c1-4-8-17-11-13-6-5-7-14(20-3)16(13)21-12-15-18-9-10-19(15)2/h5-7,9-10,17H,4,8,11-12H2,1-3H3. The van der Waals surface area contributed by atoms with Crippen LogP contribution in [0.2, 0.25) is 0 Å². The van der Waals surface area contributed by atoms with E-state index < -0.39 is 0 Å². The Kier molecular flexibility index (Phi) is 5.63. The maximum Gasteiger partial charge on any atom is 0.166 e. The van der Waals surface area contributed by atoms with Gasteiger partial charge in [0, 0.05) is 31.5 Å². The molecule has 21 heavy (non-hydrogen) atoms. The molecule has 0 fully saturated rings. The van der Waals surface area contributed by atoms with Gasteiger partial charge in [0.25, 0.3) is 0 Å². The second-order valence-electron chi connectivity index (χ2n) is 4.87. The van der Waals surface area contributed by atoms with Crippen molar-refractivity contribution in [3.8, 4) is 11.5 Å². The maximum atomic E-state index is 5.97. The van der Waals surface area contributed by atoms with Gasteiger partial charge in [-0.15, -0.1) is 0 Å². The minimum absolute atomic E-state index is 0.421. The van der Waals surface area contributed by atoms with Crippen LogP contribution in [0.3, 0.4) is 0 Å². The lowest BCUT2D eigenvalue weighted by atomic mass is 10.2. The number of aromatic nitrogens is 2. The molecule has 1 N–H and O–H groups in total. The molecule has 1 aromatic carbocycles. The molecule has 114 valence electrons. The molecule has 0 aliphatic rings. The van der Waals surface area contributed by atoms with Gasteiger partial charge in [-0.2, -0.15) is 0 Å². The van der Waals surface area contributed by atoms with Crippen LogP contribution in [0.15, 0.2) is 30.6 Å². The molecule has 0 aliphatic heterocycles. The van der Waals surface area contributed by atoms with Crippen LogP contribution in [0.25, 0.3) is 0 Å². The Hall–Kier alpha value is -2.01. The second kappa shape index (κ2) is 7.69. The van der Waals surface area contributed by atoms with Crippen LogP contribution in [-0.2, 0) is 20.2 Å². The van der Waals surface area contributed by atoms with Crippen molar-refractivity contribution >= 4 is 0 Å². The van der Waals surface area contributed by atoms with Crippen molar-refractivity contribution in [2.45, 2.75) is 26.5 Å². The van der Waals surface area contributed by atoms with E-state index in [9.17, 15) is 0 Å². The Labute approximate surface area is 125 Å². The molecule has 0 amide bonds. The monoisotopic (exact) mass is 289 g/mol. The predicted molar refractivity (Wildman–Crippen MR) is 82.5 cm³/mol. The van der Waals surface area contributed by atoms with E-state index in [-0.39, 0.29) is 0 Å². The predicted octanol–water partition coefficient (Wildman–Crippen LogP) is 2.51. The maximum absolute atomic E-state index is 5.97. The molecule has 0 saturated carbocycles. The first-order valence-electron chi connectivity index (χ1n) is 7.21. The van der Waals surface area contributed by atoms with Gasteiger partial charge in [-0.1, -0.05) is 19.1 Å². The van der Waals surface area contributed by atoms with Crippen molar-refractivity contribution in [3.63, 3.8) is 0 Å². The van der Waals surface area contributed by atoms with Gasteiger partial charge in [0.05, 0.1) is 7.11 Å². The number of methoxy groups -OCH3 is 1. The van der Waals surface area contributed by atoms with E-state index in [1.807, 2.05) is 29.9 Å². The van der Waals surface area contributed by atoms with Crippen molar-refractivity contribution in [2.75, 3.05) is 13.7 Å². The highest BCUT2D eigenvalue weighted by atomic mass is 16.5. The van der Waals surface area contributed by atoms with Crippen LogP contribution in [0.4, 0.5) is 0 Å². The summed E-state index contributed by atoms with van der Waals surface area (Å²) in [5.74, 6) is 2.42. The largest absolute Gasteiger partial charge is 0.493 e. The Morgan fingerprint density at radius 1 is 1.33 bits per heavy atom. The first-order valence-corrected chi connectivity index (χ1v) is 7.21. The van der Waals surface area contributed by atoms with Crippen LogP contribution in [-0.4, -0.2) is 23.2 Å². The van der Waals surface area contributed by atoms with Crippen LogP contribution in [0.1, 0.15) is 24.7 Å². The summed E-state index contributed by atoms with van der Waals surface area (Å²) in [5, 5.41) is 3.39. The molecule has 0 atom stereocenters. The SMILES string of the molecule is CCCNCc1cccc(OC)c1OCc1nccn1C. The molecular formula is C16H23N3O2. The summed E-state index contributed by atoms with van der Waals surface area (Å²) in [4.78, 5) is 4.27. The zero-order valence-corrected chi connectivity index (χ0v) is 12.9. The average Bonchev–Trinajstić information content (AvgIpc) is 2.91. The number of nitrogens with one attached hydrogen (secondary N) is 1. The van der Waals surface area contributed by atoms with Gasteiger partial charge in [0.2, 0.25) is 0 Å². The lowest BCUT2D eigenvalue weighted by Gasteiger charge is -2.15. The Bertz CT molecular complexity index is 566. The second-order valence-corrected chi connectivity index (χ2v) is 4.87. The first kappa shape index (κ1) is 15.4. The van der Waals surface area contributed by atoms with Crippen LogP contribution in [0, 0.1) is 0 Å². The summed E-state index contributed by atoms with van der Waals surface area (Å²) in [6.45, 7) is 4.32. The van der Waals surface area contributed by atoms with E-state index in [1.54, 1.807) is 13.3 Å². The van der Waals surface area contributed by atoms with Gasteiger partial charge in [0.1, 0.15) is 12.4 Å². The Morgan fingerprint density at radius 3 is 2.86 bits per heavy atom. The van der Waals surface area contributed by atoms with E-state index in [0.717, 1.165) is 42.4 Å². The highest BCUT2D eigenvalue weighted by molar-refractivity contribution is 5.46. The first-order chi connectivity index (χ1) is 10.3. The zero-order valence-electron chi connectivity index (χ0n) is 12.9. The van der Waals surface area contributed by atoms with Crippen molar-refractivity contribution in [1.82, 2.24) is 14.9 Å². The van der Waals surface area contributed by atoms with E-state index in [2.05, 4.69) is 23.3 Å². The van der Waals surface area contributed by atoms with E-state index in [4.69, 9.17) is 9.47 Å². The lowest BCUT2D eigenvalue weighted by Crippen LogP contribution is -2.15. The normalized spacial score (nSPS) is 10.6. The summed E-state index contributed by atoms with van der Waals surface area (Å²) in [7, 11) is 3.61. The summed E-state index contributed by atoms with van der Waals surface area (Å²) in [6, 6.07) is 5.95. The third-order valence-electron chi connectivity index (χ3n) is 3.29. The number of hydrogen-bond donors (Lipinski definition) is 1. The zero-order chi connectivity index (χ0) is 15.1. The Balaban J connectivity index is 2.12. The molecule has 0 unspecified atom stereocenters. The van der Waals surface area contributed by atoms with Gasteiger partial charge in [0.15, 0.2) is 11.5 Å². The molecule has 1 heterocycles. The minimum atomic E-state index is 0.421. The molecule has 0 aliphatic carbocycles. The number of ether oxygens (including phenoxy) is 2. The highest BCUT2D eigenvalue weighted by Gasteiger charge is 2.11. The van der Waals surface area contributed by atoms with E-state index in [0.29, 0.717) is 6.61 Å². The molecule has 0 spiro atoms. The van der Waals surface area contributed by atoms with Gasteiger partial charge in [-0.05, 0) is 19.0 Å². The number of rotatable bonds is 8. The minimum Gasteiger partial charge on any atom is -0.493 e. The van der Waals surface area contributed by atoms with Gasteiger partial charge >= 0.3 is 0 Å². The molecule has 0 bridgehead atoms. The van der Waals surface area contributed by atoms with Crippen molar-refractivity contribution in [1.29, 1.82) is 0 Å². The summed E-state index contributed by atoms with van der Waals surface area (Å²) in [6.07, 6.45) is 4.78. The third-order valence-corrected chi connectivity index (χ3v) is 3.29. The summed E-state index contributed by atoms with van der Waals surface area (Å²) >= 11 is 0. The van der Waals surface area contributed by atoms with Crippen LogP contribution in [0.5, 0.6) is 11.5 Å². The molecular weight excluding hydrogens is 266 g/mol. The van der Waals surface area contributed by atoms with Crippen LogP contribution < -0.4 is 14.8 Å². The average molecular weight is 289 g/mol. The number of nitrogens with zero attached hydrogens (tertiary/aromatic N) is 2. The Morgan fingerprint density at radius 2 is 2.19 bits per heavy atom. The van der Waals surface area contributed by atoms with E-state index in [1.165, 1.54) is 0 Å². The fourth-order valence-corrected chi connectivity index (χ4v) is 2.10. The van der Waals surface area contributed by atoms with Crippen molar-refractivity contribution < 1.29 is 9.47 Å². The molecule has 1 aromatic heterocycles. The van der Waals surface area contributed by atoms with Crippen molar-refractivity contribution in [3.05, 3.63) is 42.0 Å². The molecule has 2 rings (SSSR count). The quantitative estimate of drug-likeness (QED) is 0.759. The number of benzene rings is 1. The van der Waals surface area contributed by atoms with Gasteiger partial charge < -0.3 is 19.4 Å². The van der Waals surface area contributed by atoms with Crippen LogP contribution >= 0.6 is 0 Å². The highest BCUT2D eigenvalue weighted by Crippen LogP contribution is 2.31. The van der Waals surface area contributed by atoms with Gasteiger partial charge in [-0.25, -0.2) is 4.98 Å². The molecule has 5 heteroatoms. The fraction of sp³-hybridized carbons (Fsp3) is 0.438.